The van der Waals surface area contributed by atoms with Gasteiger partial charge in [-0.3, -0.25) is 4.72 Å². The summed E-state index contributed by atoms with van der Waals surface area (Å²) in [5.41, 5.74) is 0.321. The summed E-state index contributed by atoms with van der Waals surface area (Å²) in [6.45, 7) is 0.625. The van der Waals surface area contributed by atoms with E-state index in [1.54, 1.807) is 18.2 Å². The Balaban J connectivity index is 2.07. The first-order valence-corrected chi connectivity index (χ1v) is 8.49. The van der Waals surface area contributed by atoms with E-state index < -0.39 is 10.0 Å². The van der Waals surface area contributed by atoms with Crippen LogP contribution in [0.3, 0.4) is 0 Å². The molecule has 1 aliphatic rings. The molecule has 0 radical (unpaired) electrons. The molecule has 1 atom stereocenters. The van der Waals surface area contributed by atoms with E-state index in [1.165, 1.54) is 7.11 Å². The van der Waals surface area contributed by atoms with Gasteiger partial charge < -0.3 is 9.47 Å². The zero-order valence-corrected chi connectivity index (χ0v) is 12.8. The Morgan fingerprint density at radius 2 is 2.25 bits per heavy atom. The fraction of sp³-hybridized carbons (Fsp3) is 0.538. The Morgan fingerprint density at radius 1 is 1.45 bits per heavy atom. The minimum Gasteiger partial charge on any atom is -0.497 e. The molecule has 7 heteroatoms. The maximum Gasteiger partial charge on any atom is 0.235 e. The zero-order chi connectivity index (χ0) is 14.6. The summed E-state index contributed by atoms with van der Waals surface area (Å²) in [6, 6.07) is 4.82. The van der Waals surface area contributed by atoms with Crippen molar-refractivity contribution in [2.24, 2.45) is 0 Å². The number of methoxy groups -OCH3 is 1. The number of ether oxygens (including phenoxy) is 2. The fourth-order valence-corrected chi connectivity index (χ4v) is 3.66. The predicted molar refractivity (Wildman–Crippen MR) is 79.0 cm³/mol. The van der Waals surface area contributed by atoms with Crippen LogP contribution >= 0.6 is 11.6 Å². The lowest BCUT2D eigenvalue weighted by atomic mass is 10.1. The van der Waals surface area contributed by atoms with Gasteiger partial charge in [0.05, 0.1) is 29.7 Å². The van der Waals surface area contributed by atoms with Crippen LogP contribution in [0, 0.1) is 0 Å². The van der Waals surface area contributed by atoms with E-state index in [-0.39, 0.29) is 11.9 Å². The van der Waals surface area contributed by atoms with Gasteiger partial charge in [-0.2, -0.15) is 0 Å². The minimum absolute atomic E-state index is 0.0550. The van der Waals surface area contributed by atoms with E-state index in [4.69, 9.17) is 21.1 Å². The molecule has 20 heavy (non-hydrogen) atoms. The van der Waals surface area contributed by atoms with Gasteiger partial charge in [-0.15, -0.1) is 0 Å². The summed E-state index contributed by atoms with van der Waals surface area (Å²) in [4.78, 5) is 0. The number of sulfonamides is 1. The molecule has 1 fully saturated rings. The second kappa shape index (κ2) is 6.65. The molecule has 0 spiro atoms. The van der Waals surface area contributed by atoms with Crippen LogP contribution in [0.1, 0.15) is 19.3 Å². The Hall–Kier alpha value is -0.980. The van der Waals surface area contributed by atoms with E-state index in [0.717, 1.165) is 19.3 Å². The van der Waals surface area contributed by atoms with Crippen LogP contribution in [-0.2, 0) is 14.8 Å². The van der Waals surface area contributed by atoms with E-state index in [0.29, 0.717) is 23.1 Å². The SMILES string of the molecule is COc1ccc(Cl)c(NS(=O)(=O)CC2CCCCO2)c1. The van der Waals surface area contributed by atoms with Gasteiger partial charge in [0.2, 0.25) is 10.0 Å². The first-order chi connectivity index (χ1) is 9.50. The van der Waals surface area contributed by atoms with Crippen LogP contribution in [0.15, 0.2) is 18.2 Å². The van der Waals surface area contributed by atoms with Crippen LogP contribution < -0.4 is 9.46 Å². The molecule has 1 aromatic rings. The molecule has 1 unspecified atom stereocenters. The zero-order valence-electron chi connectivity index (χ0n) is 11.3. The lowest BCUT2D eigenvalue weighted by Gasteiger charge is -2.22. The van der Waals surface area contributed by atoms with Crippen LogP contribution in [0.5, 0.6) is 5.75 Å². The molecule has 0 saturated carbocycles. The lowest BCUT2D eigenvalue weighted by Crippen LogP contribution is -2.30. The number of halogens is 1. The molecule has 112 valence electrons. The third kappa shape index (κ3) is 4.26. The quantitative estimate of drug-likeness (QED) is 0.906. The first-order valence-electron chi connectivity index (χ1n) is 6.46. The summed E-state index contributed by atoms with van der Waals surface area (Å²) < 4.78 is 37.3. The summed E-state index contributed by atoms with van der Waals surface area (Å²) in [5, 5.41) is 0.332. The number of hydrogen-bond acceptors (Lipinski definition) is 4. The molecule has 0 aliphatic carbocycles. The van der Waals surface area contributed by atoms with E-state index in [1.807, 2.05) is 0 Å². The Bertz CT molecular complexity index is 555. The fourth-order valence-electron chi connectivity index (χ4n) is 2.10. The van der Waals surface area contributed by atoms with Gasteiger partial charge in [0.25, 0.3) is 0 Å². The Morgan fingerprint density at radius 3 is 2.90 bits per heavy atom. The third-order valence-electron chi connectivity index (χ3n) is 3.12. The van der Waals surface area contributed by atoms with Crippen molar-refractivity contribution in [3.63, 3.8) is 0 Å². The van der Waals surface area contributed by atoms with Crippen LogP contribution in [-0.4, -0.2) is 34.0 Å². The molecule has 1 N–H and O–H groups in total. The number of rotatable bonds is 5. The van der Waals surface area contributed by atoms with Gasteiger partial charge >= 0.3 is 0 Å². The largest absolute Gasteiger partial charge is 0.497 e. The van der Waals surface area contributed by atoms with Crippen LogP contribution in [0.4, 0.5) is 5.69 Å². The highest BCUT2D eigenvalue weighted by Gasteiger charge is 2.22. The number of hydrogen-bond donors (Lipinski definition) is 1. The van der Waals surface area contributed by atoms with Crippen LogP contribution in [0.25, 0.3) is 0 Å². The van der Waals surface area contributed by atoms with Crippen molar-refractivity contribution < 1.29 is 17.9 Å². The first kappa shape index (κ1) is 15.4. The van der Waals surface area contributed by atoms with Gasteiger partial charge in [0.1, 0.15) is 5.75 Å². The van der Waals surface area contributed by atoms with E-state index >= 15 is 0 Å². The maximum absolute atomic E-state index is 12.1. The van der Waals surface area contributed by atoms with Crippen molar-refractivity contribution in [2.75, 3.05) is 24.2 Å². The Labute approximate surface area is 124 Å². The van der Waals surface area contributed by atoms with Crippen molar-refractivity contribution in [2.45, 2.75) is 25.4 Å². The number of anilines is 1. The average molecular weight is 320 g/mol. The summed E-state index contributed by atoms with van der Waals surface area (Å²) in [7, 11) is -1.99. The van der Waals surface area contributed by atoms with Gasteiger partial charge in [-0.05, 0) is 31.4 Å². The van der Waals surface area contributed by atoms with Gasteiger partial charge in [0.15, 0.2) is 0 Å². The van der Waals surface area contributed by atoms with Crippen LogP contribution in [0.2, 0.25) is 5.02 Å². The van der Waals surface area contributed by atoms with E-state index in [9.17, 15) is 8.42 Å². The molecule has 1 heterocycles. The second-order valence-corrected chi connectivity index (χ2v) is 6.89. The normalized spacial score (nSPS) is 19.6. The standard InChI is InChI=1S/C13H18ClNO4S/c1-18-10-5-6-12(14)13(8-10)15-20(16,17)9-11-4-2-3-7-19-11/h5-6,8,11,15H,2-4,7,9H2,1H3. The van der Waals surface area contributed by atoms with Crippen molar-refractivity contribution in [3.05, 3.63) is 23.2 Å². The molecular formula is C13H18ClNO4S. The lowest BCUT2D eigenvalue weighted by molar-refractivity contribution is 0.0306. The Kier molecular flexibility index (Phi) is 5.12. The summed E-state index contributed by atoms with van der Waals surface area (Å²) in [6.07, 6.45) is 2.52. The summed E-state index contributed by atoms with van der Waals surface area (Å²) in [5.74, 6) is 0.488. The molecule has 1 aromatic carbocycles. The molecular weight excluding hydrogens is 302 g/mol. The highest BCUT2D eigenvalue weighted by atomic mass is 35.5. The van der Waals surface area contributed by atoms with Gasteiger partial charge in [-0.25, -0.2) is 8.42 Å². The molecule has 0 aromatic heterocycles. The summed E-state index contributed by atoms with van der Waals surface area (Å²) >= 11 is 5.99. The van der Waals surface area contributed by atoms with Crippen molar-refractivity contribution in [3.8, 4) is 5.75 Å². The third-order valence-corrected chi connectivity index (χ3v) is 4.79. The molecule has 1 saturated heterocycles. The minimum atomic E-state index is -3.50. The van der Waals surface area contributed by atoms with E-state index in [2.05, 4.69) is 4.72 Å². The molecule has 5 nitrogen and oxygen atoms in total. The molecule has 0 bridgehead atoms. The number of nitrogens with one attached hydrogen (secondary N) is 1. The van der Waals surface area contributed by atoms with Crippen molar-refractivity contribution in [1.82, 2.24) is 0 Å². The smallest absolute Gasteiger partial charge is 0.235 e. The van der Waals surface area contributed by atoms with Gasteiger partial charge in [-0.1, -0.05) is 11.6 Å². The molecule has 2 rings (SSSR count). The van der Waals surface area contributed by atoms with Crippen molar-refractivity contribution >= 4 is 27.3 Å². The molecule has 1 aliphatic heterocycles. The highest BCUT2D eigenvalue weighted by Crippen LogP contribution is 2.28. The number of benzene rings is 1. The monoisotopic (exact) mass is 319 g/mol. The maximum atomic E-state index is 12.1. The predicted octanol–water partition coefficient (Wildman–Crippen LogP) is 2.66. The highest BCUT2D eigenvalue weighted by molar-refractivity contribution is 7.92. The molecule has 0 amide bonds. The average Bonchev–Trinajstić information content (AvgIpc) is 2.41. The second-order valence-electron chi connectivity index (χ2n) is 4.72. The van der Waals surface area contributed by atoms with Crippen molar-refractivity contribution in [1.29, 1.82) is 0 Å². The topological polar surface area (TPSA) is 64.6 Å². The van der Waals surface area contributed by atoms with Gasteiger partial charge in [0, 0.05) is 12.7 Å².